The van der Waals surface area contributed by atoms with Crippen LogP contribution in [0.25, 0.3) is 0 Å². The van der Waals surface area contributed by atoms with Gasteiger partial charge in [0, 0.05) is 0 Å². The van der Waals surface area contributed by atoms with Crippen molar-refractivity contribution >= 4 is 0 Å². The van der Waals surface area contributed by atoms with Crippen molar-refractivity contribution in [3.63, 3.8) is 0 Å². The molecule has 0 aliphatic heterocycles. The average Bonchev–Trinajstić information content (AvgIpc) is 1.00. The van der Waals surface area contributed by atoms with Gasteiger partial charge in [0.05, 0.1) is 0 Å². The third kappa shape index (κ3) is 2180. The normalized spacial score (nSPS) is 0.545. The van der Waals surface area contributed by atoms with Gasteiger partial charge in [0.2, 0.25) is 0 Å². The quantitative estimate of drug-likeness (QED) is 0.219. The van der Waals surface area contributed by atoms with Gasteiger partial charge >= 0.3 is 29.6 Å². The Bertz CT molecular complexity index is 9.80. The second-order valence-electron chi connectivity index (χ2n) is 0. The summed E-state index contributed by atoms with van der Waals surface area (Å²) in [5.74, 6) is 0. The van der Waals surface area contributed by atoms with E-state index in [-0.39, 0.29) is 74.8 Å². The third-order valence-electron chi connectivity index (χ3n) is 0. The van der Waals surface area contributed by atoms with Crippen molar-refractivity contribution in [2.75, 3.05) is 0 Å². The van der Waals surface area contributed by atoms with Crippen LogP contribution < -0.4 is 29.6 Å². The summed E-state index contributed by atoms with van der Waals surface area (Å²) >= 11 is 0. The molecule has 0 aromatic heterocycles. The van der Waals surface area contributed by atoms with Crippen LogP contribution in [0.4, 0.5) is 0 Å². The molecule has 0 amide bonds. The van der Waals surface area contributed by atoms with E-state index >= 15 is 0 Å². The number of hydrogen-bond acceptors (Lipinski definition) is 2. The number of rotatable bonds is 0. The molecule has 0 aromatic carbocycles. The zero-order valence-corrected chi connectivity index (χ0v) is 7.89. The minimum Gasteiger partial charge on any atom is -1.00 e. The Morgan fingerprint density at radius 3 is 0.455 bits per heavy atom. The van der Waals surface area contributed by atoms with Gasteiger partial charge < -0.3 is 45.2 Å². The van der Waals surface area contributed by atoms with Crippen LogP contribution in [-0.4, -0.2) is 54.3 Å². The minimum absolute atomic E-state index is 0. The molecule has 80 valence electrons. The number of hydrogen-bond donors (Lipinski definition) is 2. The summed E-state index contributed by atoms with van der Waals surface area (Å²) in [6, 6.07) is 0. The van der Waals surface area contributed by atoms with Gasteiger partial charge in [-0.2, -0.15) is 0 Å². The maximum absolute atomic E-state index is 6.00. The van der Waals surface area contributed by atoms with Gasteiger partial charge in [-0.3, -0.25) is 10.5 Å². The van der Waals surface area contributed by atoms with Crippen molar-refractivity contribution in [3.8, 4) is 0 Å². The molecule has 0 heterocycles. The summed E-state index contributed by atoms with van der Waals surface area (Å²) in [6.45, 7) is 0. The summed E-state index contributed by atoms with van der Waals surface area (Å²) in [4.78, 5) is 0. The molecule has 0 unspecified atom stereocenters. The molecule has 0 aliphatic rings. The van der Waals surface area contributed by atoms with Crippen LogP contribution in [0.3, 0.4) is 0 Å². The Labute approximate surface area is 85.6 Å². The molecule has 0 aromatic rings. The molecule has 0 saturated heterocycles. The van der Waals surface area contributed by atoms with Crippen LogP contribution in [0.2, 0.25) is 0 Å². The predicted octanol–water partition coefficient (Wildman–Crippen LogP) is -9.46. The molecular formula is H19NaO10. The van der Waals surface area contributed by atoms with Crippen molar-refractivity contribution in [2.24, 2.45) is 0 Å². The van der Waals surface area contributed by atoms with Gasteiger partial charge in [-0.05, 0) is 0 Å². The van der Waals surface area contributed by atoms with Gasteiger partial charge in [0.15, 0.2) is 0 Å². The molecule has 0 bridgehead atoms. The van der Waals surface area contributed by atoms with E-state index in [1.165, 1.54) is 0 Å². The first-order chi connectivity index (χ1) is 1.00. The molecule has 0 rings (SSSR count). The van der Waals surface area contributed by atoms with Crippen LogP contribution in [-0.2, 0) is 0 Å². The van der Waals surface area contributed by atoms with Crippen LogP contribution >= 0.6 is 0 Å². The molecule has 11 heteroatoms. The van der Waals surface area contributed by atoms with E-state index in [1.807, 2.05) is 0 Å². The van der Waals surface area contributed by atoms with Gasteiger partial charge in [-0.1, -0.05) is 0 Å². The van der Waals surface area contributed by atoms with Crippen molar-refractivity contribution in [1.29, 1.82) is 0 Å². The topological polar surface area (TPSA) is 292 Å². The Balaban J connectivity index is -0.000000000111. The Kier molecular flexibility index (Phi) is 126000. The third-order valence-corrected chi connectivity index (χ3v) is 0. The molecule has 0 spiro atoms. The van der Waals surface area contributed by atoms with Crippen LogP contribution in [0.15, 0.2) is 0 Å². The predicted molar refractivity (Wildman–Crippen MR) is 35.3 cm³/mol. The van der Waals surface area contributed by atoms with Gasteiger partial charge in [-0.15, -0.1) is 0 Å². The first kappa shape index (κ1) is 509. The zero-order chi connectivity index (χ0) is 2.00. The standard InChI is InChI=1S/Na.H2O2.8H2O.H/c;1-2;;;;;;;;;/h;1-2H;8*1H2;/q+1;;;;;;;;;;-1. The summed E-state index contributed by atoms with van der Waals surface area (Å²) in [5, 5.41) is 12.0. The average molecular weight is 202 g/mol. The maximum Gasteiger partial charge on any atom is 1.00 e. The van der Waals surface area contributed by atoms with E-state index in [4.69, 9.17) is 10.5 Å². The second-order valence-corrected chi connectivity index (χ2v) is 0. The largest absolute Gasteiger partial charge is 1.00 e. The van der Waals surface area contributed by atoms with Crippen molar-refractivity contribution in [3.05, 3.63) is 0 Å². The molecule has 0 radical (unpaired) electrons. The van der Waals surface area contributed by atoms with E-state index in [0.717, 1.165) is 0 Å². The van der Waals surface area contributed by atoms with Crippen molar-refractivity contribution < 1.29 is 85.3 Å². The Morgan fingerprint density at radius 1 is 0.455 bits per heavy atom. The van der Waals surface area contributed by atoms with Gasteiger partial charge in [0.25, 0.3) is 0 Å². The molecule has 0 fully saturated rings. The van der Waals surface area contributed by atoms with E-state index in [2.05, 4.69) is 0 Å². The van der Waals surface area contributed by atoms with Crippen molar-refractivity contribution in [1.82, 2.24) is 0 Å². The second kappa shape index (κ2) is 2710. The first-order valence-electron chi connectivity index (χ1n) is 0.200. The monoisotopic (exact) mass is 202 g/mol. The smallest absolute Gasteiger partial charge is 1.00 e. The molecule has 10 nitrogen and oxygen atoms in total. The minimum atomic E-state index is 0. The van der Waals surface area contributed by atoms with Crippen LogP contribution in [0, 0.1) is 0 Å². The van der Waals surface area contributed by atoms with Crippen molar-refractivity contribution in [2.45, 2.75) is 0 Å². The maximum atomic E-state index is 6.00. The Morgan fingerprint density at radius 2 is 0.455 bits per heavy atom. The van der Waals surface area contributed by atoms with Crippen LogP contribution in [0.5, 0.6) is 0 Å². The van der Waals surface area contributed by atoms with E-state index in [0.29, 0.717) is 0 Å². The van der Waals surface area contributed by atoms with Gasteiger partial charge in [0.1, 0.15) is 0 Å². The molecule has 0 saturated carbocycles. The molecule has 11 heavy (non-hydrogen) atoms. The molecule has 18 N–H and O–H groups in total. The fraction of sp³-hybridized carbons (Fsp3) is 0. The fourth-order valence-electron chi connectivity index (χ4n) is 0. The summed E-state index contributed by atoms with van der Waals surface area (Å²) in [6.07, 6.45) is 0. The summed E-state index contributed by atoms with van der Waals surface area (Å²) in [7, 11) is 0. The Hall–Kier alpha value is 0.600. The van der Waals surface area contributed by atoms with E-state index < -0.39 is 0 Å². The summed E-state index contributed by atoms with van der Waals surface area (Å²) in [5.41, 5.74) is 0. The molecular weight excluding hydrogens is 183 g/mol. The van der Waals surface area contributed by atoms with E-state index in [9.17, 15) is 0 Å². The molecule has 0 atom stereocenters. The van der Waals surface area contributed by atoms with E-state index in [1.54, 1.807) is 0 Å². The van der Waals surface area contributed by atoms with Crippen LogP contribution in [0.1, 0.15) is 1.43 Å². The van der Waals surface area contributed by atoms with Gasteiger partial charge in [-0.25, -0.2) is 0 Å². The fourth-order valence-corrected chi connectivity index (χ4v) is 0. The SMILES string of the molecule is O.O.O.O.O.O.O.O.OO.[H-].[Na+]. The zero-order valence-electron chi connectivity index (χ0n) is 6.89. The molecule has 0 aliphatic carbocycles. The first-order valence-corrected chi connectivity index (χ1v) is 0.200. The summed E-state index contributed by atoms with van der Waals surface area (Å²) < 4.78 is 0.